The van der Waals surface area contributed by atoms with E-state index < -0.39 is 5.72 Å². The number of ether oxygens (including phenoxy) is 1. The molecule has 0 amide bonds. The molecule has 0 aliphatic carbocycles. The molecule has 2 heterocycles. The molecule has 0 saturated heterocycles. The number of hydrogen-bond acceptors (Lipinski definition) is 4. The number of fused-ring (bicyclic) bond motifs is 4. The fourth-order valence-electron chi connectivity index (χ4n) is 4.37. The summed E-state index contributed by atoms with van der Waals surface area (Å²) >= 11 is 6.27. The van der Waals surface area contributed by atoms with E-state index in [2.05, 4.69) is 18.7 Å². The van der Waals surface area contributed by atoms with Gasteiger partial charge in [0, 0.05) is 23.1 Å². The quantitative estimate of drug-likeness (QED) is 0.568. The van der Waals surface area contributed by atoms with E-state index >= 15 is 0 Å². The van der Waals surface area contributed by atoms with Crippen molar-refractivity contribution >= 4 is 40.0 Å². The zero-order valence-electron chi connectivity index (χ0n) is 15.3. The Morgan fingerprint density at radius 3 is 2.67 bits per heavy atom. The Morgan fingerprint density at radius 1 is 1.07 bits per heavy atom. The summed E-state index contributed by atoms with van der Waals surface area (Å²) in [5.41, 5.74) is 1.84. The number of aromatic hydroxyl groups is 1. The Balaban J connectivity index is 1.71. The number of anilines is 1. The van der Waals surface area contributed by atoms with Crippen LogP contribution in [-0.2, 0) is 5.41 Å². The minimum Gasteiger partial charge on any atom is -0.508 e. The van der Waals surface area contributed by atoms with Crippen molar-refractivity contribution in [1.29, 1.82) is 0 Å². The number of hydrogen-bond donors (Lipinski definition) is 1. The molecule has 3 aromatic rings. The molecule has 0 aromatic heterocycles. The second kappa shape index (κ2) is 5.17. The standard InChI is InChI=1S/C22H19ClN2O2/c1-21(2)17-10-14(23)6-8-18(17)25(3)22(21)12-24-20-16-11-15(26)7-4-13(16)5-9-19(20)27-22/h4-12,26H,1-3H3. The second-order valence-corrected chi connectivity index (χ2v) is 8.16. The second-order valence-electron chi connectivity index (χ2n) is 7.72. The van der Waals surface area contributed by atoms with Crippen LogP contribution in [0.3, 0.4) is 0 Å². The van der Waals surface area contributed by atoms with Crippen LogP contribution in [0.15, 0.2) is 53.5 Å². The van der Waals surface area contributed by atoms with Crippen LogP contribution < -0.4 is 9.64 Å². The van der Waals surface area contributed by atoms with Gasteiger partial charge in [-0.1, -0.05) is 23.7 Å². The third-order valence-electron chi connectivity index (χ3n) is 5.96. The van der Waals surface area contributed by atoms with E-state index in [0.29, 0.717) is 10.8 Å². The minimum absolute atomic E-state index is 0.215. The average molecular weight is 379 g/mol. The fourth-order valence-corrected chi connectivity index (χ4v) is 4.54. The minimum atomic E-state index is -0.752. The molecule has 2 aliphatic heterocycles. The maximum atomic E-state index is 9.89. The Hall–Kier alpha value is -2.72. The molecular weight excluding hydrogens is 360 g/mol. The van der Waals surface area contributed by atoms with Gasteiger partial charge in [-0.2, -0.15) is 0 Å². The Labute approximate surface area is 162 Å². The number of aliphatic imine (C=N–C) groups is 1. The first kappa shape index (κ1) is 16.5. The highest BCUT2D eigenvalue weighted by Crippen LogP contribution is 2.54. The number of benzene rings is 3. The van der Waals surface area contributed by atoms with E-state index in [4.69, 9.17) is 21.3 Å². The summed E-state index contributed by atoms with van der Waals surface area (Å²) in [6.45, 7) is 4.30. The topological polar surface area (TPSA) is 45.1 Å². The van der Waals surface area contributed by atoms with Gasteiger partial charge in [-0.25, -0.2) is 0 Å². The molecule has 1 N–H and O–H groups in total. The lowest BCUT2D eigenvalue weighted by atomic mass is 9.77. The van der Waals surface area contributed by atoms with Crippen molar-refractivity contribution in [2.45, 2.75) is 25.0 Å². The summed E-state index contributed by atoms with van der Waals surface area (Å²) in [6, 6.07) is 15.2. The fraction of sp³-hybridized carbons (Fsp3) is 0.227. The van der Waals surface area contributed by atoms with Gasteiger partial charge in [0.15, 0.2) is 0 Å². The Kier molecular flexibility index (Phi) is 3.15. The molecular formula is C22H19ClN2O2. The molecule has 2 aliphatic rings. The van der Waals surface area contributed by atoms with Gasteiger partial charge in [0.05, 0.1) is 11.6 Å². The van der Waals surface area contributed by atoms with Gasteiger partial charge in [0.2, 0.25) is 5.72 Å². The highest BCUT2D eigenvalue weighted by atomic mass is 35.5. The summed E-state index contributed by atoms with van der Waals surface area (Å²) in [5, 5.41) is 12.5. The van der Waals surface area contributed by atoms with Crippen LogP contribution in [0.1, 0.15) is 19.4 Å². The molecule has 3 aromatic carbocycles. The monoisotopic (exact) mass is 378 g/mol. The van der Waals surface area contributed by atoms with Crippen molar-refractivity contribution < 1.29 is 9.84 Å². The number of phenolic OH excluding ortho intramolecular Hbond substituents is 1. The largest absolute Gasteiger partial charge is 0.508 e. The molecule has 0 radical (unpaired) electrons. The summed E-state index contributed by atoms with van der Waals surface area (Å²) in [6.07, 6.45) is 1.88. The lowest BCUT2D eigenvalue weighted by Gasteiger charge is -2.45. The van der Waals surface area contributed by atoms with Crippen molar-refractivity contribution in [2.75, 3.05) is 11.9 Å². The van der Waals surface area contributed by atoms with E-state index in [1.807, 2.05) is 49.7 Å². The summed E-state index contributed by atoms with van der Waals surface area (Å²) in [5.74, 6) is 0.918. The third-order valence-corrected chi connectivity index (χ3v) is 6.20. The number of halogens is 1. The predicted octanol–water partition coefficient (Wildman–Crippen LogP) is 5.42. The highest BCUT2D eigenvalue weighted by molar-refractivity contribution is 6.30. The van der Waals surface area contributed by atoms with Crippen LogP contribution in [0, 0.1) is 0 Å². The maximum Gasteiger partial charge on any atom is 0.228 e. The first-order chi connectivity index (χ1) is 12.8. The van der Waals surface area contributed by atoms with Gasteiger partial charge in [-0.15, -0.1) is 0 Å². The lowest BCUT2D eigenvalue weighted by Crippen LogP contribution is -2.61. The van der Waals surface area contributed by atoms with E-state index in [1.54, 1.807) is 12.1 Å². The molecule has 0 saturated carbocycles. The highest BCUT2D eigenvalue weighted by Gasteiger charge is 2.58. The van der Waals surface area contributed by atoms with Crippen LogP contribution in [0.4, 0.5) is 11.4 Å². The molecule has 5 rings (SSSR count). The van der Waals surface area contributed by atoms with E-state index in [9.17, 15) is 5.11 Å². The number of likely N-dealkylation sites (N-methyl/N-ethyl adjacent to an activating group) is 1. The summed E-state index contributed by atoms with van der Waals surface area (Å²) < 4.78 is 6.63. The first-order valence-corrected chi connectivity index (χ1v) is 9.25. The Bertz CT molecular complexity index is 1140. The van der Waals surface area contributed by atoms with E-state index in [-0.39, 0.29) is 11.2 Å². The van der Waals surface area contributed by atoms with Crippen molar-refractivity contribution in [2.24, 2.45) is 4.99 Å². The van der Waals surface area contributed by atoms with Gasteiger partial charge in [0.1, 0.15) is 17.2 Å². The van der Waals surface area contributed by atoms with Crippen LogP contribution in [0.25, 0.3) is 10.8 Å². The average Bonchev–Trinajstić information content (AvgIpc) is 2.80. The molecule has 0 fully saturated rings. The SMILES string of the molecule is CN1c2ccc(Cl)cc2C(C)(C)C12C=Nc1c(ccc3ccc(O)cc13)O2. The van der Waals surface area contributed by atoms with Gasteiger partial charge >= 0.3 is 0 Å². The number of phenols is 1. The molecule has 1 atom stereocenters. The summed E-state index contributed by atoms with van der Waals surface area (Å²) in [4.78, 5) is 6.94. The molecule has 4 nitrogen and oxygen atoms in total. The third kappa shape index (κ3) is 2.02. The van der Waals surface area contributed by atoms with Crippen molar-refractivity contribution in [3.8, 4) is 11.5 Å². The van der Waals surface area contributed by atoms with Gasteiger partial charge < -0.3 is 14.7 Å². The van der Waals surface area contributed by atoms with E-state index in [1.165, 1.54) is 0 Å². The predicted molar refractivity (Wildman–Crippen MR) is 110 cm³/mol. The van der Waals surface area contributed by atoms with Gasteiger partial charge in [-0.05, 0) is 61.2 Å². The molecule has 0 bridgehead atoms. The molecule has 1 unspecified atom stereocenters. The van der Waals surface area contributed by atoms with Crippen LogP contribution in [-0.4, -0.2) is 24.1 Å². The smallest absolute Gasteiger partial charge is 0.228 e. The molecule has 5 heteroatoms. The van der Waals surface area contributed by atoms with E-state index in [0.717, 1.165) is 27.7 Å². The molecule has 27 heavy (non-hydrogen) atoms. The van der Waals surface area contributed by atoms with Crippen LogP contribution in [0.2, 0.25) is 5.02 Å². The molecule has 1 spiro atoms. The summed E-state index contributed by atoms with van der Waals surface area (Å²) in [7, 11) is 2.02. The zero-order valence-corrected chi connectivity index (χ0v) is 16.1. The van der Waals surface area contributed by atoms with Crippen LogP contribution >= 0.6 is 11.6 Å². The van der Waals surface area contributed by atoms with Crippen molar-refractivity contribution in [3.63, 3.8) is 0 Å². The van der Waals surface area contributed by atoms with Crippen LogP contribution in [0.5, 0.6) is 11.5 Å². The maximum absolute atomic E-state index is 9.89. The number of rotatable bonds is 0. The lowest BCUT2D eigenvalue weighted by molar-refractivity contribution is 0.0826. The van der Waals surface area contributed by atoms with Gasteiger partial charge in [-0.3, -0.25) is 4.99 Å². The van der Waals surface area contributed by atoms with Crippen molar-refractivity contribution in [3.05, 3.63) is 59.1 Å². The van der Waals surface area contributed by atoms with Gasteiger partial charge in [0.25, 0.3) is 0 Å². The first-order valence-electron chi connectivity index (χ1n) is 8.87. The van der Waals surface area contributed by atoms with Crippen molar-refractivity contribution in [1.82, 2.24) is 0 Å². The normalized spacial score (nSPS) is 22.0. The zero-order chi connectivity index (χ0) is 19.0. The Morgan fingerprint density at radius 2 is 1.85 bits per heavy atom. The molecule has 136 valence electrons. The number of nitrogens with zero attached hydrogens (tertiary/aromatic N) is 2.